The average molecular weight is 310 g/mol. The zero-order chi connectivity index (χ0) is 14.9. The molecule has 0 aliphatic heterocycles. The van der Waals surface area contributed by atoms with Crippen LogP contribution in [0.3, 0.4) is 0 Å². The lowest BCUT2D eigenvalue weighted by Crippen LogP contribution is -2.10. The zero-order valence-electron chi connectivity index (χ0n) is 12.9. The molecule has 0 spiro atoms. The number of anilines is 1. The summed E-state index contributed by atoms with van der Waals surface area (Å²) in [6, 6.07) is 0.209. The molecule has 0 radical (unpaired) electrons. The quantitative estimate of drug-likeness (QED) is 0.913. The van der Waals surface area contributed by atoms with Crippen molar-refractivity contribution in [2.45, 2.75) is 59.4 Å². The van der Waals surface area contributed by atoms with Gasteiger partial charge in [-0.2, -0.15) is 0 Å². The predicted octanol–water partition coefficient (Wildman–Crippen LogP) is 4.34. The molecule has 0 saturated heterocycles. The highest BCUT2D eigenvalue weighted by Gasteiger charge is 2.22. The summed E-state index contributed by atoms with van der Waals surface area (Å²) in [5.74, 6) is 0. The number of hydrogen-bond donors (Lipinski definition) is 1. The van der Waals surface area contributed by atoms with Gasteiger partial charge in [0.15, 0.2) is 0 Å². The number of thiazole rings is 1. The summed E-state index contributed by atoms with van der Waals surface area (Å²) in [5, 5.41) is 14.9. The number of aromatic nitrogens is 3. The van der Waals surface area contributed by atoms with Crippen LogP contribution in [0.15, 0.2) is 0 Å². The van der Waals surface area contributed by atoms with Gasteiger partial charge in [-0.1, -0.05) is 39.0 Å². The molecule has 1 unspecified atom stereocenters. The van der Waals surface area contributed by atoms with Crippen LogP contribution in [-0.4, -0.2) is 15.2 Å². The van der Waals surface area contributed by atoms with Crippen molar-refractivity contribution in [3.63, 3.8) is 0 Å². The first-order valence-electron chi connectivity index (χ1n) is 6.88. The SMILES string of the molecule is CCc1nnc(NC(C)c2sc(C(C)(C)C)nc2C)s1. The maximum absolute atomic E-state index is 4.71. The lowest BCUT2D eigenvalue weighted by molar-refractivity contribution is 0.584. The van der Waals surface area contributed by atoms with Gasteiger partial charge in [0, 0.05) is 10.3 Å². The van der Waals surface area contributed by atoms with Crippen LogP contribution in [0.1, 0.15) is 61.2 Å². The molecule has 0 aliphatic carbocycles. The Morgan fingerprint density at radius 1 is 1.20 bits per heavy atom. The smallest absolute Gasteiger partial charge is 0.206 e. The third kappa shape index (κ3) is 3.35. The molecule has 0 amide bonds. The molecule has 20 heavy (non-hydrogen) atoms. The largest absolute Gasteiger partial charge is 0.353 e. The average Bonchev–Trinajstić information content (AvgIpc) is 2.94. The van der Waals surface area contributed by atoms with Crippen LogP contribution in [0.4, 0.5) is 5.13 Å². The molecule has 0 aromatic carbocycles. The standard InChI is InChI=1S/C14H22N4S2/c1-7-10-17-18-13(19-10)16-9(3)11-8(2)15-12(20-11)14(4,5)6/h9H,7H2,1-6H3,(H,16,18). The third-order valence-electron chi connectivity index (χ3n) is 2.98. The number of rotatable bonds is 4. The van der Waals surface area contributed by atoms with E-state index in [2.05, 4.69) is 57.1 Å². The van der Waals surface area contributed by atoms with Crippen molar-refractivity contribution in [2.75, 3.05) is 5.32 Å². The van der Waals surface area contributed by atoms with Gasteiger partial charge in [0.25, 0.3) is 0 Å². The van der Waals surface area contributed by atoms with Crippen molar-refractivity contribution in [3.05, 3.63) is 20.6 Å². The molecule has 0 aliphatic rings. The molecule has 4 nitrogen and oxygen atoms in total. The molecule has 2 heterocycles. The molecular weight excluding hydrogens is 288 g/mol. The van der Waals surface area contributed by atoms with Gasteiger partial charge >= 0.3 is 0 Å². The van der Waals surface area contributed by atoms with Crippen LogP contribution in [0, 0.1) is 6.92 Å². The number of hydrogen-bond acceptors (Lipinski definition) is 6. The maximum atomic E-state index is 4.71. The fourth-order valence-corrected chi connectivity index (χ4v) is 3.73. The molecule has 0 fully saturated rings. The first kappa shape index (κ1) is 15.4. The van der Waals surface area contributed by atoms with Crippen LogP contribution in [0.5, 0.6) is 0 Å². The molecule has 2 aromatic rings. The first-order valence-corrected chi connectivity index (χ1v) is 8.51. The van der Waals surface area contributed by atoms with E-state index >= 15 is 0 Å². The molecule has 6 heteroatoms. The maximum Gasteiger partial charge on any atom is 0.206 e. The second-order valence-corrected chi connectivity index (χ2v) is 8.03. The summed E-state index contributed by atoms with van der Waals surface area (Å²) in [6.45, 7) is 12.9. The molecule has 0 saturated carbocycles. The predicted molar refractivity (Wildman–Crippen MR) is 86.9 cm³/mol. The highest BCUT2D eigenvalue weighted by Crippen LogP contribution is 2.34. The van der Waals surface area contributed by atoms with Crippen LogP contribution in [-0.2, 0) is 11.8 Å². The van der Waals surface area contributed by atoms with Gasteiger partial charge < -0.3 is 5.32 Å². The van der Waals surface area contributed by atoms with Gasteiger partial charge in [-0.3, -0.25) is 0 Å². The fourth-order valence-electron chi connectivity index (χ4n) is 1.84. The third-order valence-corrected chi connectivity index (χ3v) is 5.74. The Kier molecular flexibility index (Phi) is 4.44. The van der Waals surface area contributed by atoms with Gasteiger partial charge in [0.2, 0.25) is 5.13 Å². The highest BCUT2D eigenvalue weighted by molar-refractivity contribution is 7.15. The van der Waals surface area contributed by atoms with Crippen molar-refractivity contribution in [1.82, 2.24) is 15.2 Å². The second kappa shape index (κ2) is 5.77. The van der Waals surface area contributed by atoms with Gasteiger partial charge in [-0.05, 0) is 20.3 Å². The van der Waals surface area contributed by atoms with Gasteiger partial charge in [0.1, 0.15) is 5.01 Å². The monoisotopic (exact) mass is 310 g/mol. The summed E-state index contributed by atoms with van der Waals surface area (Å²) in [7, 11) is 0. The number of nitrogens with zero attached hydrogens (tertiary/aromatic N) is 3. The van der Waals surface area contributed by atoms with Crippen molar-refractivity contribution in [3.8, 4) is 0 Å². The van der Waals surface area contributed by atoms with E-state index in [-0.39, 0.29) is 11.5 Å². The van der Waals surface area contributed by atoms with Gasteiger partial charge in [0.05, 0.1) is 16.7 Å². The Balaban J connectivity index is 2.16. The minimum absolute atomic E-state index is 0.103. The van der Waals surface area contributed by atoms with Crippen molar-refractivity contribution >= 4 is 27.8 Å². The normalized spacial score (nSPS) is 13.5. The van der Waals surface area contributed by atoms with E-state index in [4.69, 9.17) is 4.98 Å². The van der Waals surface area contributed by atoms with E-state index in [9.17, 15) is 0 Å². The minimum atomic E-state index is 0.103. The number of aryl methyl sites for hydroxylation is 2. The van der Waals surface area contributed by atoms with E-state index in [0.717, 1.165) is 22.3 Å². The van der Waals surface area contributed by atoms with Crippen LogP contribution < -0.4 is 5.32 Å². The van der Waals surface area contributed by atoms with E-state index in [1.807, 2.05) is 0 Å². The van der Waals surface area contributed by atoms with E-state index in [1.165, 1.54) is 9.88 Å². The van der Waals surface area contributed by atoms with Crippen LogP contribution in [0.25, 0.3) is 0 Å². The first-order chi connectivity index (χ1) is 9.31. The van der Waals surface area contributed by atoms with Crippen molar-refractivity contribution < 1.29 is 0 Å². The Labute approximate surface area is 128 Å². The Morgan fingerprint density at radius 2 is 1.90 bits per heavy atom. The highest BCUT2D eigenvalue weighted by atomic mass is 32.1. The Bertz CT molecular complexity index is 580. The Morgan fingerprint density at radius 3 is 2.40 bits per heavy atom. The molecule has 2 aromatic heterocycles. The van der Waals surface area contributed by atoms with E-state index in [1.54, 1.807) is 22.7 Å². The lowest BCUT2D eigenvalue weighted by Gasteiger charge is -2.14. The summed E-state index contributed by atoms with van der Waals surface area (Å²) in [6.07, 6.45) is 0.932. The zero-order valence-corrected chi connectivity index (χ0v) is 14.6. The molecular formula is C14H22N4S2. The van der Waals surface area contributed by atoms with Gasteiger partial charge in [-0.25, -0.2) is 4.98 Å². The van der Waals surface area contributed by atoms with Crippen LogP contribution in [0.2, 0.25) is 0 Å². The lowest BCUT2D eigenvalue weighted by atomic mass is 9.98. The van der Waals surface area contributed by atoms with E-state index in [0.29, 0.717) is 0 Å². The van der Waals surface area contributed by atoms with Crippen molar-refractivity contribution in [1.29, 1.82) is 0 Å². The topological polar surface area (TPSA) is 50.7 Å². The van der Waals surface area contributed by atoms with Crippen LogP contribution >= 0.6 is 22.7 Å². The Hall–Kier alpha value is -1.01. The molecule has 2 rings (SSSR count). The minimum Gasteiger partial charge on any atom is -0.353 e. The molecule has 110 valence electrons. The summed E-state index contributed by atoms with van der Waals surface area (Å²) in [4.78, 5) is 5.99. The van der Waals surface area contributed by atoms with Gasteiger partial charge in [-0.15, -0.1) is 21.5 Å². The van der Waals surface area contributed by atoms with E-state index < -0.39 is 0 Å². The second-order valence-electron chi connectivity index (χ2n) is 5.94. The number of nitrogens with one attached hydrogen (secondary N) is 1. The summed E-state index contributed by atoms with van der Waals surface area (Å²) >= 11 is 3.41. The molecule has 1 N–H and O–H groups in total. The summed E-state index contributed by atoms with van der Waals surface area (Å²) in [5.41, 5.74) is 1.21. The molecule has 0 bridgehead atoms. The molecule has 1 atom stereocenters. The summed E-state index contributed by atoms with van der Waals surface area (Å²) < 4.78 is 0. The van der Waals surface area contributed by atoms with Crippen molar-refractivity contribution in [2.24, 2.45) is 0 Å². The fraction of sp³-hybridized carbons (Fsp3) is 0.643.